The minimum Gasteiger partial charge on any atom is -0.476 e. The summed E-state index contributed by atoms with van der Waals surface area (Å²) in [4.78, 5) is 5.75. The largest absolute Gasteiger partial charge is 0.476 e. The van der Waals surface area contributed by atoms with Gasteiger partial charge < -0.3 is 4.74 Å². The van der Waals surface area contributed by atoms with E-state index in [1.54, 1.807) is 11.8 Å². The molecule has 21 heavy (non-hydrogen) atoms. The van der Waals surface area contributed by atoms with E-state index in [2.05, 4.69) is 17.1 Å². The summed E-state index contributed by atoms with van der Waals surface area (Å²) in [5.74, 6) is 1.68. The van der Waals surface area contributed by atoms with Gasteiger partial charge in [0.15, 0.2) is 0 Å². The summed E-state index contributed by atoms with van der Waals surface area (Å²) in [6.45, 7) is 0.706. The summed E-state index contributed by atoms with van der Waals surface area (Å²) in [7, 11) is 0. The predicted octanol–water partition coefficient (Wildman–Crippen LogP) is 5.04. The number of halogens is 1. The molecule has 104 valence electrons. The van der Waals surface area contributed by atoms with E-state index in [0.717, 1.165) is 32.5 Å². The highest BCUT2D eigenvalue weighted by atomic mass is 35.5. The lowest BCUT2D eigenvalue weighted by Gasteiger charge is -2.20. The standard InChI is InChI=1S/C17H12ClNOS/c18-12-6-7-14-13(10-12)15(11-4-2-1-3-5-11)16-17(19-14)20-8-9-21-16/h1-7,10H,8-9H2. The predicted molar refractivity (Wildman–Crippen MR) is 88.4 cm³/mol. The first-order valence-corrected chi connectivity index (χ1v) is 8.13. The number of aromatic nitrogens is 1. The fourth-order valence-corrected chi connectivity index (χ4v) is 3.74. The number of nitrogens with zero attached hydrogens (tertiary/aromatic N) is 1. The number of rotatable bonds is 1. The van der Waals surface area contributed by atoms with Crippen molar-refractivity contribution in [2.75, 3.05) is 12.4 Å². The van der Waals surface area contributed by atoms with Crippen molar-refractivity contribution in [2.45, 2.75) is 4.90 Å². The van der Waals surface area contributed by atoms with Crippen LogP contribution in [-0.2, 0) is 0 Å². The normalized spacial score (nSPS) is 13.8. The lowest BCUT2D eigenvalue weighted by atomic mass is 10.0. The third-order valence-electron chi connectivity index (χ3n) is 3.50. The molecule has 0 amide bonds. The molecule has 0 bridgehead atoms. The summed E-state index contributed by atoms with van der Waals surface area (Å²) in [6.07, 6.45) is 0. The average molecular weight is 314 g/mol. The lowest BCUT2D eigenvalue weighted by Crippen LogP contribution is -2.09. The van der Waals surface area contributed by atoms with Crippen LogP contribution in [-0.4, -0.2) is 17.3 Å². The first-order valence-electron chi connectivity index (χ1n) is 6.77. The maximum Gasteiger partial charge on any atom is 0.228 e. The minimum absolute atomic E-state index is 0.706. The van der Waals surface area contributed by atoms with Crippen molar-refractivity contribution in [2.24, 2.45) is 0 Å². The number of benzene rings is 2. The number of pyridine rings is 1. The Labute approximate surface area is 132 Å². The monoisotopic (exact) mass is 313 g/mol. The molecule has 0 N–H and O–H groups in total. The zero-order valence-corrected chi connectivity index (χ0v) is 12.7. The smallest absolute Gasteiger partial charge is 0.228 e. The highest BCUT2D eigenvalue weighted by molar-refractivity contribution is 7.99. The van der Waals surface area contributed by atoms with Crippen LogP contribution in [0.3, 0.4) is 0 Å². The summed E-state index contributed by atoms with van der Waals surface area (Å²) < 4.78 is 5.76. The molecule has 2 aromatic carbocycles. The number of thioether (sulfide) groups is 1. The van der Waals surface area contributed by atoms with Crippen molar-refractivity contribution in [3.63, 3.8) is 0 Å². The van der Waals surface area contributed by atoms with E-state index < -0.39 is 0 Å². The summed E-state index contributed by atoms with van der Waals surface area (Å²) in [6, 6.07) is 16.2. The van der Waals surface area contributed by atoms with E-state index >= 15 is 0 Å². The second-order valence-corrected chi connectivity index (χ2v) is 6.39. The SMILES string of the molecule is Clc1ccc2nc3c(c(-c4ccccc4)c2c1)SCCO3. The Bertz CT molecular complexity index is 820. The Morgan fingerprint density at radius 3 is 2.81 bits per heavy atom. The first-order chi connectivity index (χ1) is 10.3. The van der Waals surface area contributed by atoms with Gasteiger partial charge in [-0.25, -0.2) is 4.98 Å². The molecule has 1 aromatic heterocycles. The van der Waals surface area contributed by atoms with Crippen LogP contribution in [0.15, 0.2) is 53.4 Å². The Balaban J connectivity index is 2.11. The molecule has 4 heteroatoms. The molecule has 0 spiro atoms. The second kappa shape index (κ2) is 5.24. The van der Waals surface area contributed by atoms with Crippen molar-refractivity contribution in [1.82, 2.24) is 4.98 Å². The third-order valence-corrected chi connectivity index (χ3v) is 4.78. The topological polar surface area (TPSA) is 22.1 Å². The fourth-order valence-electron chi connectivity index (χ4n) is 2.60. The lowest BCUT2D eigenvalue weighted by molar-refractivity contribution is 0.317. The molecule has 2 heterocycles. The van der Waals surface area contributed by atoms with Gasteiger partial charge in [0, 0.05) is 21.7 Å². The van der Waals surface area contributed by atoms with Crippen molar-refractivity contribution < 1.29 is 4.74 Å². The second-order valence-electron chi connectivity index (χ2n) is 4.85. The van der Waals surface area contributed by atoms with E-state index in [1.807, 2.05) is 36.4 Å². The number of hydrogen-bond acceptors (Lipinski definition) is 3. The summed E-state index contributed by atoms with van der Waals surface area (Å²) in [5, 5.41) is 1.80. The van der Waals surface area contributed by atoms with Crippen molar-refractivity contribution in [3.8, 4) is 17.0 Å². The van der Waals surface area contributed by atoms with Gasteiger partial charge in [-0.2, -0.15) is 0 Å². The van der Waals surface area contributed by atoms with Gasteiger partial charge in [-0.3, -0.25) is 0 Å². The molecule has 0 aliphatic carbocycles. The van der Waals surface area contributed by atoms with Crippen LogP contribution in [0.25, 0.3) is 22.0 Å². The molecule has 0 unspecified atom stereocenters. The Kier molecular flexibility index (Phi) is 3.24. The highest BCUT2D eigenvalue weighted by Crippen LogP contribution is 2.44. The summed E-state index contributed by atoms with van der Waals surface area (Å²) in [5.41, 5.74) is 3.25. The molecule has 0 atom stereocenters. The molecule has 2 nitrogen and oxygen atoms in total. The molecular weight excluding hydrogens is 302 g/mol. The van der Waals surface area contributed by atoms with Gasteiger partial charge in [0.2, 0.25) is 5.88 Å². The molecule has 0 saturated heterocycles. The molecule has 1 aliphatic rings. The van der Waals surface area contributed by atoms with E-state index in [1.165, 1.54) is 11.1 Å². The maximum absolute atomic E-state index is 6.20. The number of fused-ring (bicyclic) bond motifs is 2. The van der Waals surface area contributed by atoms with Crippen LogP contribution in [0.4, 0.5) is 0 Å². The van der Waals surface area contributed by atoms with Crippen LogP contribution >= 0.6 is 23.4 Å². The minimum atomic E-state index is 0.706. The van der Waals surface area contributed by atoms with Gasteiger partial charge in [-0.15, -0.1) is 11.8 Å². The zero-order valence-electron chi connectivity index (χ0n) is 11.2. The Morgan fingerprint density at radius 1 is 1.10 bits per heavy atom. The molecule has 3 aromatic rings. The van der Waals surface area contributed by atoms with Gasteiger partial charge >= 0.3 is 0 Å². The van der Waals surface area contributed by atoms with Crippen LogP contribution < -0.4 is 4.74 Å². The Morgan fingerprint density at radius 2 is 1.95 bits per heavy atom. The van der Waals surface area contributed by atoms with Crippen LogP contribution in [0, 0.1) is 0 Å². The fraction of sp³-hybridized carbons (Fsp3) is 0.118. The molecule has 0 saturated carbocycles. The van der Waals surface area contributed by atoms with Crippen molar-refractivity contribution in [3.05, 3.63) is 53.6 Å². The zero-order chi connectivity index (χ0) is 14.2. The average Bonchev–Trinajstić information content (AvgIpc) is 2.53. The van der Waals surface area contributed by atoms with Gasteiger partial charge in [0.25, 0.3) is 0 Å². The number of hydrogen-bond donors (Lipinski definition) is 0. The van der Waals surface area contributed by atoms with E-state index in [-0.39, 0.29) is 0 Å². The van der Waals surface area contributed by atoms with Crippen LogP contribution in [0.5, 0.6) is 5.88 Å². The molecular formula is C17H12ClNOS. The van der Waals surface area contributed by atoms with Gasteiger partial charge in [-0.1, -0.05) is 41.9 Å². The number of ether oxygens (including phenoxy) is 1. The molecule has 0 radical (unpaired) electrons. The summed E-state index contributed by atoms with van der Waals surface area (Å²) >= 11 is 8.00. The Hall–Kier alpha value is -1.71. The van der Waals surface area contributed by atoms with Crippen molar-refractivity contribution in [1.29, 1.82) is 0 Å². The maximum atomic E-state index is 6.20. The van der Waals surface area contributed by atoms with Gasteiger partial charge in [0.1, 0.15) is 0 Å². The van der Waals surface area contributed by atoms with E-state index in [0.29, 0.717) is 6.61 Å². The highest BCUT2D eigenvalue weighted by Gasteiger charge is 2.21. The van der Waals surface area contributed by atoms with Crippen LogP contribution in [0.2, 0.25) is 5.02 Å². The van der Waals surface area contributed by atoms with Gasteiger partial charge in [0.05, 0.1) is 17.0 Å². The third kappa shape index (κ3) is 2.27. The van der Waals surface area contributed by atoms with Gasteiger partial charge in [-0.05, 0) is 23.8 Å². The van der Waals surface area contributed by atoms with E-state index in [4.69, 9.17) is 16.3 Å². The van der Waals surface area contributed by atoms with Crippen molar-refractivity contribution >= 4 is 34.3 Å². The van der Waals surface area contributed by atoms with Crippen LogP contribution in [0.1, 0.15) is 0 Å². The molecule has 4 rings (SSSR count). The molecule has 1 aliphatic heterocycles. The quantitative estimate of drug-likeness (QED) is 0.628. The molecule has 0 fully saturated rings. The van der Waals surface area contributed by atoms with E-state index in [9.17, 15) is 0 Å². The first kappa shape index (κ1) is 13.0.